The number of hydrogen-bond acceptors (Lipinski definition) is 4. The van der Waals surface area contributed by atoms with Gasteiger partial charge in [0, 0.05) is 49.9 Å². The van der Waals surface area contributed by atoms with Crippen molar-refractivity contribution in [3.8, 4) is 0 Å². The average Bonchev–Trinajstić information content (AvgIpc) is 3.36. The molecule has 154 valence electrons. The maximum absolute atomic E-state index is 13.3. The lowest BCUT2D eigenvalue weighted by molar-refractivity contribution is -0.142. The summed E-state index contributed by atoms with van der Waals surface area (Å²) in [6, 6.07) is 4.46. The highest BCUT2D eigenvalue weighted by Crippen LogP contribution is 2.32. The first kappa shape index (κ1) is 19.4. The van der Waals surface area contributed by atoms with E-state index in [0.717, 1.165) is 16.3 Å². The number of aryl methyl sites for hydroxylation is 3. The molecule has 4 heterocycles. The van der Waals surface area contributed by atoms with Crippen molar-refractivity contribution >= 4 is 11.6 Å². The normalized spacial score (nSPS) is 17.4. The standard InChI is InChI=1S/C19H21F3N6O/c1-12-3-7-27(24-12)8-5-18(29)26-6-4-14(11-26)15-10-17-23-13(2)9-16(19(20,21)22)28(17)25-15/h3,7,9-10,14H,4-6,8,11H2,1-2H3/t14-/m0/s1. The van der Waals surface area contributed by atoms with E-state index in [2.05, 4.69) is 15.2 Å². The lowest BCUT2D eigenvalue weighted by atomic mass is 10.1. The summed E-state index contributed by atoms with van der Waals surface area (Å²) in [4.78, 5) is 18.4. The molecule has 0 N–H and O–H groups in total. The number of likely N-dealkylation sites (tertiary alicyclic amines) is 1. The number of carbonyl (C=O) groups excluding carboxylic acids is 1. The third-order valence-electron chi connectivity index (χ3n) is 5.15. The van der Waals surface area contributed by atoms with Crippen molar-refractivity contribution in [1.29, 1.82) is 0 Å². The van der Waals surface area contributed by atoms with Gasteiger partial charge in [-0.1, -0.05) is 0 Å². The molecule has 0 radical (unpaired) electrons. The van der Waals surface area contributed by atoms with Gasteiger partial charge in [0.2, 0.25) is 5.91 Å². The van der Waals surface area contributed by atoms with Crippen molar-refractivity contribution in [3.05, 3.63) is 47.2 Å². The van der Waals surface area contributed by atoms with Gasteiger partial charge < -0.3 is 4.90 Å². The van der Waals surface area contributed by atoms with Crippen molar-refractivity contribution in [2.24, 2.45) is 0 Å². The van der Waals surface area contributed by atoms with E-state index in [-0.39, 0.29) is 23.2 Å². The van der Waals surface area contributed by atoms with E-state index in [0.29, 0.717) is 38.2 Å². The quantitative estimate of drug-likeness (QED) is 0.668. The monoisotopic (exact) mass is 406 g/mol. The van der Waals surface area contributed by atoms with Crippen LogP contribution in [0.3, 0.4) is 0 Å². The first-order chi connectivity index (χ1) is 13.7. The van der Waals surface area contributed by atoms with Gasteiger partial charge in [0.25, 0.3) is 0 Å². The van der Waals surface area contributed by atoms with E-state index in [1.807, 2.05) is 19.2 Å². The Morgan fingerprint density at radius 2 is 2.00 bits per heavy atom. The summed E-state index contributed by atoms with van der Waals surface area (Å²) in [5, 5.41) is 8.44. The minimum Gasteiger partial charge on any atom is -0.342 e. The van der Waals surface area contributed by atoms with E-state index in [4.69, 9.17) is 0 Å². The molecule has 0 bridgehead atoms. The second-order valence-electron chi connectivity index (χ2n) is 7.42. The number of hydrogen-bond donors (Lipinski definition) is 0. The number of rotatable bonds is 4. The van der Waals surface area contributed by atoms with Gasteiger partial charge in [0.05, 0.1) is 11.4 Å². The molecule has 1 amide bonds. The Hall–Kier alpha value is -2.91. The summed E-state index contributed by atoms with van der Waals surface area (Å²) in [5.74, 6) is -0.0941. The van der Waals surface area contributed by atoms with Gasteiger partial charge in [-0.15, -0.1) is 0 Å². The Kier molecular flexibility index (Phi) is 4.79. The minimum atomic E-state index is -4.52. The zero-order valence-corrected chi connectivity index (χ0v) is 16.1. The fourth-order valence-electron chi connectivity index (χ4n) is 3.70. The number of alkyl halides is 3. The van der Waals surface area contributed by atoms with Gasteiger partial charge in [-0.05, 0) is 32.4 Å². The fourth-order valence-corrected chi connectivity index (χ4v) is 3.70. The topological polar surface area (TPSA) is 68.3 Å². The maximum Gasteiger partial charge on any atom is 0.433 e. The van der Waals surface area contributed by atoms with Crippen LogP contribution in [-0.2, 0) is 17.5 Å². The molecule has 3 aromatic heterocycles. The van der Waals surface area contributed by atoms with Crippen molar-refractivity contribution in [1.82, 2.24) is 29.3 Å². The Morgan fingerprint density at radius 1 is 1.21 bits per heavy atom. The Balaban J connectivity index is 1.47. The predicted octanol–water partition coefficient (Wildman–Crippen LogP) is 2.97. The lowest BCUT2D eigenvalue weighted by Gasteiger charge is -2.16. The van der Waals surface area contributed by atoms with Gasteiger partial charge in [-0.25, -0.2) is 9.50 Å². The Morgan fingerprint density at radius 3 is 2.69 bits per heavy atom. The lowest BCUT2D eigenvalue weighted by Crippen LogP contribution is -2.29. The molecule has 0 unspecified atom stereocenters. The average molecular weight is 406 g/mol. The van der Waals surface area contributed by atoms with E-state index >= 15 is 0 Å². The van der Waals surface area contributed by atoms with E-state index in [1.165, 1.54) is 6.92 Å². The molecule has 1 fully saturated rings. The molecule has 1 aliphatic heterocycles. The number of halogens is 3. The van der Waals surface area contributed by atoms with Crippen LogP contribution in [0.5, 0.6) is 0 Å². The van der Waals surface area contributed by atoms with Crippen molar-refractivity contribution < 1.29 is 18.0 Å². The molecule has 0 saturated carbocycles. The van der Waals surface area contributed by atoms with Crippen LogP contribution < -0.4 is 0 Å². The smallest absolute Gasteiger partial charge is 0.342 e. The summed E-state index contributed by atoms with van der Waals surface area (Å²) < 4.78 is 42.6. The predicted molar refractivity (Wildman–Crippen MR) is 98.2 cm³/mol. The highest BCUT2D eigenvalue weighted by atomic mass is 19.4. The Bertz CT molecular complexity index is 1050. The van der Waals surface area contributed by atoms with Gasteiger partial charge in [-0.2, -0.15) is 23.4 Å². The van der Waals surface area contributed by atoms with Crippen molar-refractivity contribution in [2.75, 3.05) is 13.1 Å². The molecule has 0 aromatic carbocycles. The summed E-state index contributed by atoms with van der Waals surface area (Å²) in [6.45, 7) is 4.92. The van der Waals surface area contributed by atoms with Gasteiger partial charge >= 0.3 is 6.18 Å². The first-order valence-electron chi connectivity index (χ1n) is 9.43. The van der Waals surface area contributed by atoms with Crippen LogP contribution >= 0.6 is 0 Å². The third-order valence-corrected chi connectivity index (χ3v) is 5.15. The summed E-state index contributed by atoms with van der Waals surface area (Å²) in [5.41, 5.74) is 1.05. The largest absolute Gasteiger partial charge is 0.433 e. The molecule has 0 spiro atoms. The molecule has 10 heteroatoms. The molecule has 1 saturated heterocycles. The zero-order chi connectivity index (χ0) is 20.8. The van der Waals surface area contributed by atoms with Crippen LogP contribution in [0.4, 0.5) is 13.2 Å². The molecule has 29 heavy (non-hydrogen) atoms. The second kappa shape index (κ2) is 7.16. The van der Waals surface area contributed by atoms with Crippen LogP contribution in [0.25, 0.3) is 5.65 Å². The van der Waals surface area contributed by atoms with E-state index in [9.17, 15) is 18.0 Å². The zero-order valence-electron chi connectivity index (χ0n) is 16.1. The fraction of sp³-hybridized carbons (Fsp3) is 0.474. The van der Waals surface area contributed by atoms with Crippen LogP contribution in [0.2, 0.25) is 0 Å². The van der Waals surface area contributed by atoms with Crippen molar-refractivity contribution in [3.63, 3.8) is 0 Å². The summed E-state index contributed by atoms with van der Waals surface area (Å²) in [6.07, 6.45) is -1.69. The highest BCUT2D eigenvalue weighted by molar-refractivity contribution is 5.76. The molecule has 4 rings (SSSR count). The molecular formula is C19H21F3N6O. The molecule has 1 atom stereocenters. The van der Waals surface area contributed by atoms with Crippen molar-refractivity contribution in [2.45, 2.75) is 45.3 Å². The number of amides is 1. The van der Waals surface area contributed by atoms with Crippen LogP contribution in [0.15, 0.2) is 24.4 Å². The van der Waals surface area contributed by atoms with Gasteiger partial charge in [-0.3, -0.25) is 9.48 Å². The minimum absolute atomic E-state index is 0.00867. The second-order valence-corrected chi connectivity index (χ2v) is 7.42. The summed E-state index contributed by atoms with van der Waals surface area (Å²) >= 11 is 0. The first-order valence-corrected chi connectivity index (χ1v) is 9.43. The molecule has 0 aliphatic carbocycles. The maximum atomic E-state index is 13.3. The van der Waals surface area contributed by atoms with Gasteiger partial charge in [0.15, 0.2) is 5.65 Å². The molecular weight excluding hydrogens is 385 g/mol. The van der Waals surface area contributed by atoms with Crippen LogP contribution in [-0.4, -0.2) is 48.3 Å². The molecule has 3 aromatic rings. The Labute approximate surface area is 165 Å². The number of nitrogens with zero attached hydrogens (tertiary/aromatic N) is 6. The number of carbonyl (C=O) groups is 1. The highest BCUT2D eigenvalue weighted by Gasteiger charge is 2.36. The molecule has 1 aliphatic rings. The van der Waals surface area contributed by atoms with Gasteiger partial charge in [0.1, 0.15) is 5.69 Å². The third kappa shape index (κ3) is 3.96. The summed E-state index contributed by atoms with van der Waals surface area (Å²) in [7, 11) is 0. The van der Waals surface area contributed by atoms with E-state index in [1.54, 1.807) is 15.6 Å². The number of aromatic nitrogens is 5. The van der Waals surface area contributed by atoms with Crippen LogP contribution in [0, 0.1) is 13.8 Å². The number of fused-ring (bicyclic) bond motifs is 1. The molecule has 7 nitrogen and oxygen atoms in total. The SMILES string of the molecule is Cc1cc(C(F)(F)F)n2nc([C@H]3CCN(C(=O)CCn4ccc(C)n4)C3)cc2n1. The van der Waals surface area contributed by atoms with Crippen LogP contribution in [0.1, 0.15) is 41.5 Å². The van der Waals surface area contributed by atoms with E-state index < -0.39 is 11.9 Å².